The van der Waals surface area contributed by atoms with Gasteiger partial charge in [-0.05, 0) is 67.0 Å². The van der Waals surface area contributed by atoms with Gasteiger partial charge in [0.25, 0.3) is 0 Å². The van der Waals surface area contributed by atoms with Crippen LogP contribution in [0.2, 0.25) is 0 Å². The molecule has 4 rings (SSSR count). The van der Waals surface area contributed by atoms with Crippen molar-refractivity contribution in [1.29, 1.82) is 0 Å². The summed E-state index contributed by atoms with van der Waals surface area (Å²) in [6, 6.07) is 11.5. The number of piperidine rings is 1. The Hall–Kier alpha value is -2.10. The van der Waals surface area contributed by atoms with Crippen LogP contribution in [0.25, 0.3) is 0 Å². The molecule has 2 aliphatic rings. The second-order valence-corrected chi connectivity index (χ2v) is 10.9. The summed E-state index contributed by atoms with van der Waals surface area (Å²) in [4.78, 5) is 4.10. The van der Waals surface area contributed by atoms with Crippen molar-refractivity contribution < 1.29 is 21.6 Å². The minimum absolute atomic E-state index is 0.0730. The van der Waals surface area contributed by atoms with Crippen LogP contribution >= 0.6 is 0 Å². The van der Waals surface area contributed by atoms with E-state index in [1.165, 1.54) is 17.7 Å². The zero-order valence-electron chi connectivity index (χ0n) is 18.9. The number of nitrogens with one attached hydrogen (secondary N) is 1. The minimum atomic E-state index is -4.57. The highest BCUT2D eigenvalue weighted by atomic mass is 32.2. The zero-order valence-corrected chi connectivity index (χ0v) is 19.7. The summed E-state index contributed by atoms with van der Waals surface area (Å²) in [5.41, 5.74) is 1.42. The van der Waals surface area contributed by atoms with E-state index in [0.717, 1.165) is 31.4 Å². The standard InChI is InChI=1S/C24H30F3N3O2S/c1-29(2)20-10-6-17(7-11-20)16-30-14-12-19(13-15-30)28-33(31,32)22-5-3-4-21(24(25,26)27)23(22)18-8-9-18/h3-7,10-11,18-19,28H,8-9,12-16H2,1-2H3. The Kier molecular flexibility index (Phi) is 6.75. The van der Waals surface area contributed by atoms with Crippen molar-refractivity contribution in [2.24, 2.45) is 0 Å². The summed E-state index contributed by atoms with van der Waals surface area (Å²) in [6.07, 6.45) is -2.16. The normalized spacial score (nSPS) is 18.5. The van der Waals surface area contributed by atoms with E-state index >= 15 is 0 Å². The van der Waals surface area contributed by atoms with Gasteiger partial charge in [0, 0.05) is 45.5 Å². The average molecular weight is 482 g/mol. The van der Waals surface area contributed by atoms with Gasteiger partial charge in [-0.25, -0.2) is 13.1 Å². The number of rotatable bonds is 7. The molecular formula is C24H30F3N3O2S. The van der Waals surface area contributed by atoms with E-state index in [-0.39, 0.29) is 22.4 Å². The quantitative estimate of drug-likeness (QED) is 0.629. The Bertz CT molecular complexity index is 1070. The molecule has 1 aliphatic carbocycles. The molecule has 0 bridgehead atoms. The summed E-state index contributed by atoms with van der Waals surface area (Å²) in [7, 11) is -0.0531. The largest absolute Gasteiger partial charge is 0.416 e. The van der Waals surface area contributed by atoms with Gasteiger partial charge < -0.3 is 4.90 Å². The Morgan fingerprint density at radius 1 is 1.00 bits per heavy atom. The Balaban J connectivity index is 1.40. The highest BCUT2D eigenvalue weighted by molar-refractivity contribution is 7.89. The van der Waals surface area contributed by atoms with Gasteiger partial charge in [0.15, 0.2) is 0 Å². The van der Waals surface area contributed by atoms with Crippen molar-refractivity contribution >= 4 is 15.7 Å². The number of benzene rings is 2. The van der Waals surface area contributed by atoms with E-state index in [2.05, 4.69) is 33.9 Å². The molecule has 33 heavy (non-hydrogen) atoms. The smallest absolute Gasteiger partial charge is 0.378 e. The number of anilines is 1. The molecule has 9 heteroatoms. The van der Waals surface area contributed by atoms with Crippen LogP contribution in [0.4, 0.5) is 18.9 Å². The summed E-state index contributed by atoms with van der Waals surface area (Å²) < 4.78 is 69.5. The van der Waals surface area contributed by atoms with Crippen molar-refractivity contribution in [2.75, 3.05) is 32.1 Å². The van der Waals surface area contributed by atoms with E-state index in [9.17, 15) is 21.6 Å². The minimum Gasteiger partial charge on any atom is -0.378 e. The van der Waals surface area contributed by atoms with Crippen LogP contribution < -0.4 is 9.62 Å². The molecule has 0 radical (unpaired) electrons. The number of hydrogen-bond acceptors (Lipinski definition) is 4. The van der Waals surface area contributed by atoms with Gasteiger partial charge in [0.2, 0.25) is 10.0 Å². The molecule has 0 atom stereocenters. The molecule has 0 spiro atoms. The second-order valence-electron chi connectivity index (χ2n) is 9.22. The van der Waals surface area contributed by atoms with E-state index in [1.54, 1.807) is 0 Å². The molecule has 0 unspecified atom stereocenters. The maximum Gasteiger partial charge on any atom is 0.416 e. The third-order valence-corrected chi connectivity index (χ3v) is 7.99. The average Bonchev–Trinajstić information content (AvgIpc) is 3.59. The SMILES string of the molecule is CN(C)c1ccc(CN2CCC(NS(=O)(=O)c3cccc(C(F)(F)F)c3C3CC3)CC2)cc1. The predicted octanol–water partition coefficient (Wildman–Crippen LogP) is 4.59. The molecular weight excluding hydrogens is 451 g/mol. The van der Waals surface area contributed by atoms with Gasteiger partial charge in [-0.1, -0.05) is 18.2 Å². The van der Waals surface area contributed by atoms with Crippen molar-refractivity contribution in [1.82, 2.24) is 9.62 Å². The van der Waals surface area contributed by atoms with Gasteiger partial charge in [0.05, 0.1) is 10.5 Å². The van der Waals surface area contributed by atoms with E-state index < -0.39 is 21.8 Å². The summed E-state index contributed by atoms with van der Waals surface area (Å²) in [5.74, 6) is -0.338. The lowest BCUT2D eigenvalue weighted by Gasteiger charge is -2.32. The van der Waals surface area contributed by atoms with Crippen LogP contribution in [0.3, 0.4) is 0 Å². The first kappa shape index (κ1) is 24.0. The maximum absolute atomic E-state index is 13.5. The lowest BCUT2D eigenvalue weighted by atomic mass is 10.0. The third-order valence-electron chi connectivity index (χ3n) is 6.41. The summed E-state index contributed by atoms with van der Waals surface area (Å²) in [5, 5.41) is 0. The summed E-state index contributed by atoms with van der Waals surface area (Å²) >= 11 is 0. The molecule has 2 aromatic carbocycles. The molecule has 1 N–H and O–H groups in total. The van der Waals surface area contributed by atoms with E-state index in [4.69, 9.17) is 0 Å². The third kappa shape index (κ3) is 5.70. The van der Waals surface area contributed by atoms with Gasteiger partial charge in [0.1, 0.15) is 0 Å². The first-order valence-corrected chi connectivity index (χ1v) is 12.7. The topological polar surface area (TPSA) is 52.6 Å². The number of hydrogen-bond donors (Lipinski definition) is 1. The molecule has 2 aromatic rings. The number of likely N-dealkylation sites (tertiary alicyclic amines) is 1. The molecule has 1 aliphatic heterocycles. The first-order chi connectivity index (χ1) is 15.5. The van der Waals surface area contributed by atoms with Crippen molar-refractivity contribution in [2.45, 2.75) is 55.3 Å². The van der Waals surface area contributed by atoms with E-state index in [0.29, 0.717) is 25.7 Å². The highest BCUT2D eigenvalue weighted by Crippen LogP contribution is 2.48. The molecule has 1 saturated heterocycles. The van der Waals surface area contributed by atoms with Crippen molar-refractivity contribution in [3.05, 3.63) is 59.2 Å². The molecule has 5 nitrogen and oxygen atoms in total. The van der Waals surface area contributed by atoms with Crippen LogP contribution in [0.5, 0.6) is 0 Å². The molecule has 2 fully saturated rings. The molecule has 0 amide bonds. The first-order valence-electron chi connectivity index (χ1n) is 11.3. The maximum atomic E-state index is 13.5. The predicted molar refractivity (Wildman–Crippen MR) is 123 cm³/mol. The number of alkyl halides is 3. The molecule has 0 aromatic heterocycles. The van der Waals surface area contributed by atoms with E-state index in [1.807, 2.05) is 19.0 Å². The monoisotopic (exact) mass is 481 g/mol. The van der Waals surface area contributed by atoms with Crippen LogP contribution in [0.1, 0.15) is 48.3 Å². The van der Waals surface area contributed by atoms with Crippen molar-refractivity contribution in [3.63, 3.8) is 0 Å². The van der Waals surface area contributed by atoms with Crippen LogP contribution in [-0.2, 0) is 22.7 Å². The fraction of sp³-hybridized carbons (Fsp3) is 0.500. The lowest BCUT2D eigenvalue weighted by Crippen LogP contribution is -2.44. The fourth-order valence-corrected chi connectivity index (χ4v) is 6.09. The molecule has 1 heterocycles. The number of halogens is 3. The highest BCUT2D eigenvalue weighted by Gasteiger charge is 2.41. The van der Waals surface area contributed by atoms with Crippen LogP contribution in [0.15, 0.2) is 47.4 Å². The summed E-state index contributed by atoms with van der Waals surface area (Å²) in [6.45, 7) is 2.23. The van der Waals surface area contributed by atoms with Gasteiger partial charge >= 0.3 is 6.18 Å². The number of nitrogens with zero attached hydrogens (tertiary/aromatic N) is 2. The fourth-order valence-electron chi connectivity index (χ4n) is 4.47. The van der Waals surface area contributed by atoms with Gasteiger partial charge in [-0.15, -0.1) is 0 Å². The Morgan fingerprint density at radius 2 is 1.64 bits per heavy atom. The van der Waals surface area contributed by atoms with Crippen molar-refractivity contribution in [3.8, 4) is 0 Å². The molecule has 1 saturated carbocycles. The Morgan fingerprint density at radius 3 is 2.18 bits per heavy atom. The van der Waals surface area contributed by atoms with Gasteiger partial charge in [-0.2, -0.15) is 13.2 Å². The van der Waals surface area contributed by atoms with Gasteiger partial charge in [-0.3, -0.25) is 4.90 Å². The molecule has 180 valence electrons. The lowest BCUT2D eigenvalue weighted by molar-refractivity contribution is -0.138. The van der Waals surface area contributed by atoms with Crippen LogP contribution in [0, 0.1) is 0 Å². The van der Waals surface area contributed by atoms with Crippen LogP contribution in [-0.4, -0.2) is 46.5 Å². The zero-order chi connectivity index (χ0) is 23.8. The number of sulfonamides is 1. The Labute approximate surface area is 193 Å². The second kappa shape index (κ2) is 9.27.